The molecule has 0 bridgehead atoms. The quantitative estimate of drug-likeness (QED) is 0.345. The fourth-order valence-electron chi connectivity index (χ4n) is 3.03. The van der Waals surface area contributed by atoms with E-state index in [1.54, 1.807) is 24.3 Å². The number of nitrogens with zero attached hydrogens (tertiary/aromatic N) is 1. The first kappa shape index (κ1) is 22.2. The molecule has 0 spiro atoms. The molecule has 0 aliphatic carbocycles. The second-order valence-corrected chi connectivity index (χ2v) is 7.51. The molecule has 9 heteroatoms. The largest absolute Gasteiger partial charge is 0.468 e. The van der Waals surface area contributed by atoms with E-state index in [9.17, 15) is 19.2 Å². The summed E-state index contributed by atoms with van der Waals surface area (Å²) in [6, 6.07) is 9.71. The summed E-state index contributed by atoms with van der Waals surface area (Å²) in [6.07, 6.45) is -0.377. The molecule has 1 amide bonds. The number of aromatic amines is 1. The maximum absolute atomic E-state index is 12.7. The van der Waals surface area contributed by atoms with Crippen LogP contribution in [-0.2, 0) is 25.5 Å². The molecule has 0 aliphatic rings. The molecule has 3 aromatic rings. The molecule has 0 saturated heterocycles. The Morgan fingerprint density at radius 3 is 2.42 bits per heavy atom. The Kier molecular flexibility index (Phi) is 6.50. The van der Waals surface area contributed by atoms with Gasteiger partial charge in [0.15, 0.2) is 0 Å². The lowest BCUT2D eigenvalue weighted by atomic mass is 9.97. The second kappa shape index (κ2) is 9.09. The van der Waals surface area contributed by atoms with Gasteiger partial charge in [-0.15, -0.1) is 0 Å². The number of Topliss-reactive ketones (excluding diaryl/α,β-unsaturated/α-hetero) is 1. The molecule has 1 heterocycles. The van der Waals surface area contributed by atoms with Crippen LogP contribution in [0.2, 0.25) is 5.02 Å². The molecular formula is C22H20ClN3O5. The highest BCUT2D eigenvalue weighted by atomic mass is 35.5. The van der Waals surface area contributed by atoms with Crippen molar-refractivity contribution in [2.45, 2.75) is 20.3 Å². The van der Waals surface area contributed by atoms with Crippen LogP contribution in [0.5, 0.6) is 0 Å². The number of carbonyl (C=O) groups excluding carboxylic acids is 3. The molecule has 0 fully saturated rings. The standard InChI is InChI=1S/C22H20ClN3O5/c1-11-8-16-17(9-12(11)2)26-20(28)18(25-16)10-15(22(30)31-3)19(27)21(29)24-14-6-4-13(23)5-7-14/h4-9,15H,10H2,1-3H3,(H,24,29)(H,26,28). The number of methoxy groups -OCH3 is 1. The summed E-state index contributed by atoms with van der Waals surface area (Å²) in [5, 5.41) is 2.87. The van der Waals surface area contributed by atoms with Crippen LogP contribution in [0.1, 0.15) is 16.8 Å². The van der Waals surface area contributed by atoms with Crippen LogP contribution in [0, 0.1) is 19.8 Å². The van der Waals surface area contributed by atoms with Gasteiger partial charge in [0, 0.05) is 17.1 Å². The zero-order chi connectivity index (χ0) is 22.7. The number of hydrogen-bond donors (Lipinski definition) is 2. The number of aromatic nitrogens is 2. The summed E-state index contributed by atoms with van der Waals surface area (Å²) < 4.78 is 4.69. The first-order chi connectivity index (χ1) is 14.7. The molecule has 0 saturated carbocycles. The van der Waals surface area contributed by atoms with E-state index >= 15 is 0 Å². The number of amides is 1. The second-order valence-electron chi connectivity index (χ2n) is 7.07. The van der Waals surface area contributed by atoms with Gasteiger partial charge < -0.3 is 15.0 Å². The third kappa shape index (κ3) is 4.97. The lowest BCUT2D eigenvalue weighted by Crippen LogP contribution is -2.37. The predicted octanol–water partition coefficient (Wildman–Crippen LogP) is 2.73. The molecule has 0 aliphatic heterocycles. The maximum atomic E-state index is 12.7. The fourth-order valence-corrected chi connectivity index (χ4v) is 3.15. The molecule has 31 heavy (non-hydrogen) atoms. The van der Waals surface area contributed by atoms with Crippen molar-refractivity contribution in [2.24, 2.45) is 5.92 Å². The number of H-pyrrole nitrogens is 1. The van der Waals surface area contributed by atoms with E-state index in [1.165, 1.54) is 12.1 Å². The number of esters is 1. The average Bonchev–Trinajstić information content (AvgIpc) is 2.74. The highest BCUT2D eigenvalue weighted by Crippen LogP contribution is 2.17. The Balaban J connectivity index is 1.89. The minimum absolute atomic E-state index is 0.0428. The first-order valence-electron chi connectivity index (χ1n) is 9.38. The number of anilines is 1. The van der Waals surface area contributed by atoms with Crippen LogP contribution in [0.3, 0.4) is 0 Å². The van der Waals surface area contributed by atoms with Crippen LogP contribution in [0.15, 0.2) is 41.2 Å². The lowest BCUT2D eigenvalue weighted by molar-refractivity contribution is -0.152. The molecule has 160 valence electrons. The minimum atomic E-state index is -1.52. The average molecular weight is 442 g/mol. The molecule has 2 aromatic carbocycles. The molecule has 1 unspecified atom stereocenters. The molecule has 1 aromatic heterocycles. The Hall–Kier alpha value is -3.52. The van der Waals surface area contributed by atoms with Crippen LogP contribution in [0.4, 0.5) is 5.69 Å². The highest BCUT2D eigenvalue weighted by Gasteiger charge is 2.34. The Bertz CT molecular complexity index is 1230. The third-order valence-corrected chi connectivity index (χ3v) is 5.16. The van der Waals surface area contributed by atoms with Crippen molar-refractivity contribution in [3.05, 3.63) is 68.6 Å². The van der Waals surface area contributed by atoms with Crippen LogP contribution in [-0.4, -0.2) is 34.7 Å². The Morgan fingerprint density at radius 2 is 1.77 bits per heavy atom. The van der Waals surface area contributed by atoms with Gasteiger partial charge in [0.1, 0.15) is 11.6 Å². The van der Waals surface area contributed by atoms with Gasteiger partial charge in [0.2, 0.25) is 5.78 Å². The summed E-state index contributed by atoms with van der Waals surface area (Å²) in [7, 11) is 1.10. The number of ketones is 1. The smallest absolute Gasteiger partial charge is 0.317 e. The SMILES string of the molecule is COC(=O)C(Cc1nc2cc(C)c(C)cc2[nH]c1=O)C(=O)C(=O)Nc1ccc(Cl)cc1. The summed E-state index contributed by atoms with van der Waals surface area (Å²) in [4.78, 5) is 56.9. The van der Waals surface area contributed by atoms with Crippen molar-refractivity contribution in [3.8, 4) is 0 Å². The fraction of sp³-hybridized carbons (Fsp3) is 0.227. The van der Waals surface area contributed by atoms with Crippen molar-refractivity contribution in [1.82, 2.24) is 9.97 Å². The lowest BCUT2D eigenvalue weighted by Gasteiger charge is -2.13. The van der Waals surface area contributed by atoms with Crippen LogP contribution < -0.4 is 10.9 Å². The van der Waals surface area contributed by atoms with Gasteiger partial charge >= 0.3 is 5.97 Å². The number of halogens is 1. The zero-order valence-electron chi connectivity index (χ0n) is 17.1. The Morgan fingerprint density at radius 1 is 1.13 bits per heavy atom. The number of ether oxygens (including phenoxy) is 1. The number of fused-ring (bicyclic) bond motifs is 1. The van der Waals surface area contributed by atoms with Crippen molar-refractivity contribution in [1.29, 1.82) is 0 Å². The summed E-state index contributed by atoms with van der Waals surface area (Å²) in [5.41, 5.74) is 2.76. The normalized spacial score (nSPS) is 11.7. The van der Waals surface area contributed by atoms with Gasteiger partial charge in [-0.05, 0) is 61.4 Å². The minimum Gasteiger partial charge on any atom is -0.468 e. The van der Waals surface area contributed by atoms with Crippen molar-refractivity contribution in [3.63, 3.8) is 0 Å². The predicted molar refractivity (Wildman–Crippen MR) is 116 cm³/mol. The molecule has 0 radical (unpaired) electrons. The summed E-state index contributed by atoms with van der Waals surface area (Å²) in [6.45, 7) is 3.81. The molecule has 1 atom stereocenters. The number of rotatable bonds is 6. The number of hydrogen-bond acceptors (Lipinski definition) is 6. The molecule has 3 rings (SSSR count). The van der Waals surface area contributed by atoms with Crippen LogP contribution >= 0.6 is 11.6 Å². The summed E-state index contributed by atoms with van der Waals surface area (Å²) >= 11 is 5.81. The zero-order valence-corrected chi connectivity index (χ0v) is 17.9. The molecular weight excluding hydrogens is 422 g/mol. The van der Waals surface area contributed by atoms with Gasteiger partial charge in [-0.3, -0.25) is 19.2 Å². The van der Waals surface area contributed by atoms with E-state index in [0.717, 1.165) is 18.2 Å². The number of aryl methyl sites for hydroxylation is 2. The topological polar surface area (TPSA) is 118 Å². The van der Waals surface area contributed by atoms with Gasteiger partial charge in [0.05, 0.1) is 18.1 Å². The monoisotopic (exact) mass is 441 g/mol. The van der Waals surface area contributed by atoms with Gasteiger partial charge in [-0.1, -0.05) is 11.6 Å². The van der Waals surface area contributed by atoms with Gasteiger partial charge in [-0.25, -0.2) is 4.98 Å². The Labute approximate surface area is 182 Å². The van der Waals surface area contributed by atoms with Gasteiger partial charge in [-0.2, -0.15) is 0 Å². The maximum Gasteiger partial charge on any atom is 0.317 e. The van der Waals surface area contributed by atoms with E-state index in [1.807, 2.05) is 13.8 Å². The molecule has 2 N–H and O–H groups in total. The third-order valence-electron chi connectivity index (χ3n) is 4.90. The van der Waals surface area contributed by atoms with E-state index < -0.39 is 29.1 Å². The van der Waals surface area contributed by atoms with Gasteiger partial charge in [0.25, 0.3) is 11.5 Å². The number of nitrogens with one attached hydrogen (secondary N) is 2. The number of benzene rings is 2. The summed E-state index contributed by atoms with van der Waals surface area (Å²) in [5.74, 6) is -4.50. The van der Waals surface area contributed by atoms with E-state index in [0.29, 0.717) is 21.7 Å². The van der Waals surface area contributed by atoms with Crippen LogP contribution in [0.25, 0.3) is 11.0 Å². The van der Waals surface area contributed by atoms with Crippen molar-refractivity contribution in [2.75, 3.05) is 12.4 Å². The first-order valence-corrected chi connectivity index (χ1v) is 9.76. The van der Waals surface area contributed by atoms with Crippen molar-refractivity contribution >= 4 is 46.0 Å². The van der Waals surface area contributed by atoms with E-state index in [2.05, 4.69) is 20.0 Å². The highest BCUT2D eigenvalue weighted by molar-refractivity contribution is 6.44. The van der Waals surface area contributed by atoms with E-state index in [-0.39, 0.29) is 12.1 Å². The molecule has 8 nitrogen and oxygen atoms in total. The number of carbonyl (C=O) groups is 3. The van der Waals surface area contributed by atoms with E-state index in [4.69, 9.17) is 11.6 Å². The van der Waals surface area contributed by atoms with Crippen molar-refractivity contribution < 1.29 is 19.1 Å².